The third-order valence-corrected chi connectivity index (χ3v) is 6.73. The van der Waals surface area contributed by atoms with Crippen LogP contribution in [0, 0.1) is 5.82 Å². The van der Waals surface area contributed by atoms with Crippen LogP contribution < -0.4 is 5.32 Å². The summed E-state index contributed by atoms with van der Waals surface area (Å²) < 4.78 is 13.4. The zero-order chi connectivity index (χ0) is 28.5. The van der Waals surface area contributed by atoms with Gasteiger partial charge >= 0.3 is 5.97 Å². The number of aliphatic carboxylic acids is 1. The quantitative estimate of drug-likeness (QED) is 0.240. The van der Waals surface area contributed by atoms with Crippen LogP contribution in [0.5, 0.6) is 0 Å². The normalized spacial score (nSPS) is 11.4. The Kier molecular flexibility index (Phi) is 9.41. The number of carbonyl (C=O) groups is 3. The third-order valence-electron chi connectivity index (χ3n) is 6.73. The number of carboxylic acids is 1. The molecule has 0 aliphatic carbocycles. The predicted molar refractivity (Wildman–Crippen MR) is 152 cm³/mol. The SMILES string of the molecule is CC(NC(=O)c1ccccc1-c1ccccc1C(=O)N(CCC(=O)O)CCc1ccccc1)c1ccc(F)cc1. The minimum absolute atomic E-state index is 0.0622. The fraction of sp³-hybridized carbons (Fsp3) is 0.182. The molecule has 0 radical (unpaired) electrons. The summed E-state index contributed by atoms with van der Waals surface area (Å²) in [6.45, 7) is 2.23. The van der Waals surface area contributed by atoms with Gasteiger partial charge in [-0.15, -0.1) is 0 Å². The van der Waals surface area contributed by atoms with Crippen molar-refractivity contribution in [3.8, 4) is 11.1 Å². The second kappa shape index (κ2) is 13.3. The average molecular weight is 539 g/mol. The Morgan fingerprint density at radius 3 is 2.00 bits per heavy atom. The largest absolute Gasteiger partial charge is 0.481 e. The molecular weight excluding hydrogens is 507 g/mol. The highest BCUT2D eigenvalue weighted by Crippen LogP contribution is 2.29. The van der Waals surface area contributed by atoms with E-state index in [1.807, 2.05) is 37.3 Å². The van der Waals surface area contributed by atoms with E-state index in [0.717, 1.165) is 11.1 Å². The minimum Gasteiger partial charge on any atom is -0.481 e. The van der Waals surface area contributed by atoms with Crippen LogP contribution in [0.3, 0.4) is 0 Å². The van der Waals surface area contributed by atoms with Gasteiger partial charge in [-0.2, -0.15) is 0 Å². The number of carbonyl (C=O) groups excluding carboxylic acids is 2. The van der Waals surface area contributed by atoms with E-state index in [2.05, 4.69) is 5.32 Å². The highest BCUT2D eigenvalue weighted by Gasteiger charge is 2.23. The Hall–Kier alpha value is -4.78. The number of carboxylic acid groups (broad SMARTS) is 1. The standard InChI is InChI=1S/C33H31FN2O4/c1-23(25-15-17-26(34)18-16-25)35-32(39)29-13-7-5-11-27(29)28-12-6-8-14-30(28)33(40)36(22-20-31(37)38)21-19-24-9-3-2-4-10-24/h2-18,23H,19-22H2,1H3,(H,35,39)(H,37,38). The maximum absolute atomic E-state index is 13.8. The van der Waals surface area contributed by atoms with Crippen molar-refractivity contribution in [2.75, 3.05) is 13.1 Å². The monoisotopic (exact) mass is 538 g/mol. The molecule has 4 rings (SSSR count). The van der Waals surface area contributed by atoms with Crippen LogP contribution in [0.25, 0.3) is 11.1 Å². The number of hydrogen-bond acceptors (Lipinski definition) is 3. The topological polar surface area (TPSA) is 86.7 Å². The summed E-state index contributed by atoms with van der Waals surface area (Å²) in [7, 11) is 0. The third kappa shape index (κ3) is 7.20. The predicted octanol–water partition coefficient (Wildman–Crippen LogP) is 6.14. The molecule has 6 nitrogen and oxygen atoms in total. The summed E-state index contributed by atoms with van der Waals surface area (Å²) in [5, 5.41) is 12.3. The molecule has 0 aliphatic heterocycles. The van der Waals surface area contributed by atoms with E-state index in [1.54, 1.807) is 65.6 Å². The Morgan fingerprint density at radius 1 is 0.775 bits per heavy atom. The Labute approximate surface area is 233 Å². The Balaban J connectivity index is 1.62. The summed E-state index contributed by atoms with van der Waals surface area (Å²) in [6.07, 6.45) is 0.400. The van der Waals surface area contributed by atoms with E-state index in [0.29, 0.717) is 35.2 Å². The van der Waals surface area contributed by atoms with E-state index >= 15 is 0 Å². The Bertz CT molecular complexity index is 1470. The van der Waals surface area contributed by atoms with Crippen molar-refractivity contribution >= 4 is 17.8 Å². The smallest absolute Gasteiger partial charge is 0.305 e. The van der Waals surface area contributed by atoms with Crippen molar-refractivity contribution in [1.82, 2.24) is 10.2 Å². The number of amides is 2. The van der Waals surface area contributed by atoms with E-state index in [4.69, 9.17) is 0 Å². The highest BCUT2D eigenvalue weighted by atomic mass is 19.1. The fourth-order valence-electron chi connectivity index (χ4n) is 4.55. The van der Waals surface area contributed by atoms with Crippen LogP contribution in [-0.2, 0) is 11.2 Å². The number of benzene rings is 4. The second-order valence-corrected chi connectivity index (χ2v) is 9.51. The molecular formula is C33H31FN2O4. The molecule has 2 amide bonds. The molecule has 0 saturated heterocycles. The van der Waals surface area contributed by atoms with Gasteiger partial charge in [-0.05, 0) is 59.9 Å². The van der Waals surface area contributed by atoms with Crippen LogP contribution in [0.4, 0.5) is 4.39 Å². The van der Waals surface area contributed by atoms with Gasteiger partial charge < -0.3 is 15.3 Å². The van der Waals surface area contributed by atoms with Crippen molar-refractivity contribution in [3.05, 3.63) is 131 Å². The van der Waals surface area contributed by atoms with Gasteiger partial charge in [-0.25, -0.2) is 4.39 Å². The molecule has 2 N–H and O–H groups in total. The van der Waals surface area contributed by atoms with E-state index in [1.165, 1.54) is 12.1 Å². The van der Waals surface area contributed by atoms with Gasteiger partial charge in [0.15, 0.2) is 0 Å². The van der Waals surface area contributed by atoms with Gasteiger partial charge in [0.2, 0.25) is 0 Å². The van der Waals surface area contributed by atoms with Crippen molar-refractivity contribution in [2.45, 2.75) is 25.8 Å². The average Bonchev–Trinajstić information content (AvgIpc) is 2.97. The van der Waals surface area contributed by atoms with Crippen LogP contribution >= 0.6 is 0 Å². The molecule has 0 spiro atoms. The lowest BCUT2D eigenvalue weighted by Gasteiger charge is -2.24. The lowest BCUT2D eigenvalue weighted by Crippen LogP contribution is -2.35. The number of hydrogen-bond donors (Lipinski definition) is 2. The molecule has 0 aromatic heterocycles. The number of nitrogens with one attached hydrogen (secondary N) is 1. The molecule has 4 aromatic carbocycles. The van der Waals surface area contributed by atoms with Gasteiger partial charge in [0.05, 0.1) is 12.5 Å². The summed E-state index contributed by atoms with van der Waals surface area (Å²) in [5.41, 5.74) is 3.73. The molecule has 1 unspecified atom stereocenters. The zero-order valence-corrected chi connectivity index (χ0v) is 22.2. The van der Waals surface area contributed by atoms with Crippen LogP contribution in [0.15, 0.2) is 103 Å². The van der Waals surface area contributed by atoms with Crippen molar-refractivity contribution < 1.29 is 23.9 Å². The molecule has 0 heterocycles. The van der Waals surface area contributed by atoms with Gasteiger partial charge in [0.25, 0.3) is 11.8 Å². The van der Waals surface area contributed by atoms with E-state index < -0.39 is 5.97 Å². The molecule has 0 fully saturated rings. The Morgan fingerprint density at radius 2 is 1.35 bits per heavy atom. The summed E-state index contributed by atoms with van der Waals surface area (Å²) >= 11 is 0. The first-order chi connectivity index (χ1) is 19.3. The molecule has 204 valence electrons. The molecule has 7 heteroatoms. The molecule has 40 heavy (non-hydrogen) atoms. The highest BCUT2D eigenvalue weighted by molar-refractivity contribution is 6.06. The second-order valence-electron chi connectivity index (χ2n) is 9.51. The van der Waals surface area contributed by atoms with Gasteiger partial charge in [0.1, 0.15) is 5.82 Å². The number of rotatable bonds is 11. The van der Waals surface area contributed by atoms with Gasteiger partial charge in [0, 0.05) is 24.2 Å². The van der Waals surface area contributed by atoms with Crippen LogP contribution in [-0.4, -0.2) is 40.9 Å². The van der Waals surface area contributed by atoms with Crippen molar-refractivity contribution in [1.29, 1.82) is 0 Å². The van der Waals surface area contributed by atoms with Crippen LogP contribution in [0.1, 0.15) is 51.2 Å². The van der Waals surface area contributed by atoms with Crippen molar-refractivity contribution in [3.63, 3.8) is 0 Å². The number of halogens is 1. The summed E-state index contributed by atoms with van der Waals surface area (Å²) in [4.78, 5) is 40.1. The summed E-state index contributed by atoms with van der Waals surface area (Å²) in [6, 6.07) is 29.4. The number of nitrogens with zero attached hydrogens (tertiary/aromatic N) is 1. The molecule has 1 atom stereocenters. The fourth-order valence-corrected chi connectivity index (χ4v) is 4.55. The molecule has 0 saturated carbocycles. The lowest BCUT2D eigenvalue weighted by molar-refractivity contribution is -0.137. The van der Waals surface area contributed by atoms with E-state index in [9.17, 15) is 23.9 Å². The first-order valence-corrected chi connectivity index (χ1v) is 13.1. The molecule has 4 aromatic rings. The first kappa shape index (κ1) is 28.2. The minimum atomic E-state index is -0.983. The van der Waals surface area contributed by atoms with Gasteiger partial charge in [-0.1, -0.05) is 78.9 Å². The van der Waals surface area contributed by atoms with Gasteiger partial charge in [-0.3, -0.25) is 14.4 Å². The molecule has 0 aliphatic rings. The maximum atomic E-state index is 13.8. The maximum Gasteiger partial charge on any atom is 0.305 e. The molecule has 0 bridgehead atoms. The first-order valence-electron chi connectivity index (χ1n) is 13.1. The van der Waals surface area contributed by atoms with Crippen molar-refractivity contribution in [2.24, 2.45) is 0 Å². The zero-order valence-electron chi connectivity index (χ0n) is 22.2. The summed E-state index contributed by atoms with van der Waals surface area (Å²) in [5.74, 6) is -1.97. The van der Waals surface area contributed by atoms with Crippen LogP contribution in [0.2, 0.25) is 0 Å². The van der Waals surface area contributed by atoms with E-state index in [-0.39, 0.29) is 36.6 Å². The lowest BCUT2D eigenvalue weighted by atomic mass is 9.94.